The number of nitrogens with zero attached hydrogens (tertiary/aromatic N) is 2. The lowest BCUT2D eigenvalue weighted by Crippen LogP contribution is -2.30. The second-order valence-electron chi connectivity index (χ2n) is 8.70. The summed E-state index contributed by atoms with van der Waals surface area (Å²) in [7, 11) is 0. The van der Waals surface area contributed by atoms with Crippen LogP contribution in [0.15, 0.2) is 98.3 Å². The van der Waals surface area contributed by atoms with Crippen LogP contribution in [-0.2, 0) is 16.9 Å². The average Bonchev–Trinajstić information content (AvgIpc) is 3.74. The molecular formula is C28H24F3N3O4. The standard InChI is InChI=1S/C28H24F3N3O4/c29-28(30,31)27(33-34-27)21-9-5-19(6-10-21)18-32-13-14-36-15-16-37-22-11-7-20(8-12-22)26-17-24(35)23-3-1-2-4-25(23)38-26/h1-12,17,32H,13-16,18H2. The molecule has 196 valence electrons. The summed E-state index contributed by atoms with van der Waals surface area (Å²) < 4.78 is 56.3. The molecule has 0 saturated heterocycles. The van der Waals surface area contributed by atoms with Crippen molar-refractivity contribution < 1.29 is 27.1 Å². The minimum Gasteiger partial charge on any atom is -0.491 e. The van der Waals surface area contributed by atoms with Gasteiger partial charge in [0.2, 0.25) is 0 Å². The summed E-state index contributed by atoms with van der Waals surface area (Å²) in [5, 5.41) is 10.1. The highest BCUT2D eigenvalue weighted by atomic mass is 19.4. The van der Waals surface area contributed by atoms with E-state index in [1.165, 1.54) is 18.2 Å². The fourth-order valence-corrected chi connectivity index (χ4v) is 3.96. The van der Waals surface area contributed by atoms with Gasteiger partial charge in [0, 0.05) is 30.3 Å². The first-order valence-electron chi connectivity index (χ1n) is 12.0. The zero-order valence-electron chi connectivity index (χ0n) is 20.2. The molecule has 0 spiro atoms. The largest absolute Gasteiger partial charge is 0.491 e. The number of halogens is 3. The zero-order chi connectivity index (χ0) is 26.6. The molecule has 1 aromatic heterocycles. The topological polar surface area (TPSA) is 85.4 Å². The van der Waals surface area contributed by atoms with E-state index in [2.05, 4.69) is 15.5 Å². The van der Waals surface area contributed by atoms with E-state index in [0.29, 0.717) is 55.4 Å². The SMILES string of the molecule is O=c1cc(-c2ccc(OCCOCCNCc3ccc(C4(C(F)(F)F)N=N4)cc3)cc2)oc2ccccc12. The number of ether oxygens (including phenoxy) is 2. The van der Waals surface area contributed by atoms with Crippen molar-refractivity contribution >= 4 is 11.0 Å². The smallest absolute Gasteiger partial charge is 0.442 e. The van der Waals surface area contributed by atoms with Gasteiger partial charge in [-0.1, -0.05) is 36.4 Å². The van der Waals surface area contributed by atoms with Crippen LogP contribution in [0, 0.1) is 0 Å². The van der Waals surface area contributed by atoms with Crippen LogP contribution in [0.5, 0.6) is 5.75 Å². The van der Waals surface area contributed by atoms with Crippen molar-refractivity contribution in [1.82, 2.24) is 5.32 Å². The Bertz CT molecular complexity index is 1480. The highest BCUT2D eigenvalue weighted by Crippen LogP contribution is 2.52. The fraction of sp³-hybridized carbons (Fsp3) is 0.250. The highest BCUT2D eigenvalue weighted by molar-refractivity contribution is 5.78. The molecule has 4 aromatic rings. The summed E-state index contributed by atoms with van der Waals surface area (Å²) in [6.45, 7) is 2.28. The summed E-state index contributed by atoms with van der Waals surface area (Å²) >= 11 is 0. The molecule has 0 saturated carbocycles. The molecule has 1 N–H and O–H groups in total. The summed E-state index contributed by atoms with van der Waals surface area (Å²) in [4.78, 5) is 12.3. The van der Waals surface area contributed by atoms with E-state index in [9.17, 15) is 18.0 Å². The number of hydrogen-bond acceptors (Lipinski definition) is 7. The Hall–Kier alpha value is -4.02. The van der Waals surface area contributed by atoms with E-state index in [0.717, 1.165) is 11.1 Å². The lowest BCUT2D eigenvalue weighted by Gasteiger charge is -2.15. The maximum absolute atomic E-state index is 13.1. The first kappa shape index (κ1) is 25.6. The van der Waals surface area contributed by atoms with Crippen molar-refractivity contribution in [2.45, 2.75) is 18.4 Å². The highest BCUT2D eigenvalue weighted by Gasteiger charge is 2.65. The van der Waals surface area contributed by atoms with E-state index in [1.54, 1.807) is 42.5 Å². The van der Waals surface area contributed by atoms with Crippen LogP contribution in [0.4, 0.5) is 13.2 Å². The molecule has 2 heterocycles. The number of hydrogen-bond donors (Lipinski definition) is 1. The van der Waals surface area contributed by atoms with Crippen molar-refractivity contribution in [3.05, 3.63) is 100 Å². The third kappa shape index (κ3) is 5.61. The predicted octanol–water partition coefficient (Wildman–Crippen LogP) is 5.83. The van der Waals surface area contributed by atoms with Gasteiger partial charge in [0.15, 0.2) is 5.43 Å². The molecule has 10 heteroatoms. The quantitative estimate of drug-likeness (QED) is 0.250. The molecule has 5 rings (SSSR count). The molecule has 0 bridgehead atoms. The zero-order valence-corrected chi connectivity index (χ0v) is 20.2. The van der Waals surface area contributed by atoms with Gasteiger partial charge in [-0.15, -0.1) is 10.2 Å². The van der Waals surface area contributed by atoms with Gasteiger partial charge in [-0.05, 0) is 42.0 Å². The van der Waals surface area contributed by atoms with Crippen LogP contribution in [-0.4, -0.2) is 32.5 Å². The Kier molecular flexibility index (Phi) is 7.26. The Balaban J connectivity index is 0.993. The van der Waals surface area contributed by atoms with Crippen LogP contribution in [0.1, 0.15) is 11.1 Å². The molecule has 0 aliphatic carbocycles. The number of nitrogens with one attached hydrogen (secondary N) is 1. The molecular weight excluding hydrogens is 499 g/mol. The van der Waals surface area contributed by atoms with Gasteiger partial charge in [-0.25, -0.2) is 0 Å². The van der Waals surface area contributed by atoms with E-state index in [1.807, 2.05) is 18.2 Å². The molecule has 0 atom stereocenters. The van der Waals surface area contributed by atoms with Crippen molar-refractivity contribution in [2.75, 3.05) is 26.4 Å². The molecule has 1 aliphatic heterocycles. The van der Waals surface area contributed by atoms with Crippen LogP contribution < -0.4 is 15.5 Å². The van der Waals surface area contributed by atoms with Crippen LogP contribution in [0.2, 0.25) is 0 Å². The maximum Gasteiger partial charge on any atom is 0.442 e. The van der Waals surface area contributed by atoms with E-state index in [-0.39, 0.29) is 11.0 Å². The Labute approximate surface area is 215 Å². The summed E-state index contributed by atoms with van der Waals surface area (Å²) in [5.74, 6) is 1.16. The second kappa shape index (κ2) is 10.8. The maximum atomic E-state index is 13.1. The molecule has 0 unspecified atom stereocenters. The van der Waals surface area contributed by atoms with Crippen LogP contribution in [0.25, 0.3) is 22.3 Å². The van der Waals surface area contributed by atoms with E-state index < -0.39 is 11.8 Å². The first-order chi connectivity index (χ1) is 18.4. The summed E-state index contributed by atoms with van der Waals surface area (Å²) in [6, 6.07) is 22.0. The van der Waals surface area contributed by atoms with Crippen LogP contribution in [0.3, 0.4) is 0 Å². The monoisotopic (exact) mass is 523 g/mol. The number of benzene rings is 3. The summed E-state index contributed by atoms with van der Waals surface area (Å²) in [5.41, 5.74) is -0.291. The van der Waals surface area contributed by atoms with E-state index >= 15 is 0 Å². The number of alkyl halides is 3. The predicted molar refractivity (Wildman–Crippen MR) is 135 cm³/mol. The minimum atomic E-state index is -4.52. The Morgan fingerprint density at radius 3 is 2.34 bits per heavy atom. The van der Waals surface area contributed by atoms with E-state index in [4.69, 9.17) is 13.9 Å². The Morgan fingerprint density at radius 1 is 0.895 bits per heavy atom. The fourth-order valence-electron chi connectivity index (χ4n) is 3.96. The number of rotatable bonds is 11. The van der Waals surface area contributed by atoms with Crippen molar-refractivity contribution in [1.29, 1.82) is 0 Å². The van der Waals surface area contributed by atoms with Gasteiger partial charge in [-0.2, -0.15) is 13.2 Å². The van der Waals surface area contributed by atoms with Gasteiger partial charge in [0.1, 0.15) is 23.7 Å². The molecule has 1 aliphatic rings. The molecule has 0 radical (unpaired) electrons. The minimum absolute atomic E-state index is 0.0204. The van der Waals surface area contributed by atoms with Crippen molar-refractivity contribution in [3.8, 4) is 17.1 Å². The van der Waals surface area contributed by atoms with Gasteiger partial charge < -0.3 is 19.2 Å². The first-order valence-corrected chi connectivity index (χ1v) is 12.0. The van der Waals surface area contributed by atoms with Crippen LogP contribution >= 0.6 is 0 Å². The lowest BCUT2D eigenvalue weighted by atomic mass is 10.0. The van der Waals surface area contributed by atoms with Gasteiger partial charge in [0.25, 0.3) is 0 Å². The summed E-state index contributed by atoms with van der Waals surface area (Å²) in [6.07, 6.45) is -4.52. The number of para-hydroxylation sites is 1. The third-order valence-corrected chi connectivity index (χ3v) is 6.07. The number of fused-ring (bicyclic) bond motifs is 1. The van der Waals surface area contributed by atoms with Gasteiger partial charge in [0.05, 0.1) is 18.6 Å². The third-order valence-electron chi connectivity index (χ3n) is 6.07. The molecule has 38 heavy (non-hydrogen) atoms. The average molecular weight is 524 g/mol. The van der Waals surface area contributed by atoms with Gasteiger partial charge in [-0.3, -0.25) is 4.79 Å². The lowest BCUT2D eigenvalue weighted by molar-refractivity contribution is -0.166. The second-order valence-corrected chi connectivity index (χ2v) is 8.70. The molecule has 0 amide bonds. The molecule has 3 aromatic carbocycles. The van der Waals surface area contributed by atoms with Crippen molar-refractivity contribution in [2.24, 2.45) is 10.2 Å². The molecule has 0 fully saturated rings. The molecule has 7 nitrogen and oxygen atoms in total. The van der Waals surface area contributed by atoms with Crippen molar-refractivity contribution in [3.63, 3.8) is 0 Å². The van der Waals surface area contributed by atoms with Gasteiger partial charge >= 0.3 is 11.8 Å². The Morgan fingerprint density at radius 2 is 1.63 bits per heavy atom. The normalized spacial score (nSPS) is 14.1.